The smallest absolute Gasteiger partial charge is 0.248 e. The Balaban J connectivity index is 2.40. The normalized spacial score (nSPS) is 12.7. The Labute approximate surface area is 101 Å². The molecule has 0 radical (unpaired) electrons. The van der Waals surface area contributed by atoms with Crippen LogP contribution in [-0.4, -0.2) is 10.2 Å². The van der Waals surface area contributed by atoms with Crippen molar-refractivity contribution < 1.29 is 17.6 Å². The summed E-state index contributed by atoms with van der Waals surface area (Å²) in [6.45, 7) is 1.83. The van der Waals surface area contributed by atoms with Crippen LogP contribution in [0.3, 0.4) is 0 Å². The summed E-state index contributed by atoms with van der Waals surface area (Å²) in [5, 5.41) is 7.28. The molecule has 96 valence electrons. The molecule has 0 aliphatic heterocycles. The maximum absolute atomic E-state index is 13.0. The van der Waals surface area contributed by atoms with E-state index >= 15 is 0 Å². The van der Waals surface area contributed by atoms with Gasteiger partial charge in [-0.05, 0) is 18.6 Å². The van der Waals surface area contributed by atoms with Gasteiger partial charge in [-0.15, -0.1) is 10.2 Å². The number of hydrogen-bond donors (Lipinski definition) is 1. The van der Waals surface area contributed by atoms with Gasteiger partial charge in [0.1, 0.15) is 0 Å². The Kier molecular flexibility index (Phi) is 3.33. The van der Waals surface area contributed by atoms with Gasteiger partial charge in [0.15, 0.2) is 17.5 Å². The molecule has 2 aromatic rings. The molecule has 0 aliphatic rings. The quantitative estimate of drug-likeness (QED) is 0.858. The number of halogens is 3. The van der Waals surface area contributed by atoms with E-state index in [-0.39, 0.29) is 17.3 Å². The van der Waals surface area contributed by atoms with Crippen molar-refractivity contribution >= 4 is 0 Å². The second kappa shape index (κ2) is 4.77. The van der Waals surface area contributed by atoms with E-state index in [9.17, 15) is 13.2 Å². The van der Waals surface area contributed by atoms with Gasteiger partial charge >= 0.3 is 0 Å². The molecule has 18 heavy (non-hydrogen) atoms. The van der Waals surface area contributed by atoms with Gasteiger partial charge in [-0.1, -0.05) is 6.92 Å². The summed E-state index contributed by atoms with van der Waals surface area (Å²) in [6, 6.07) is 1.13. The van der Waals surface area contributed by atoms with Crippen LogP contribution in [0.15, 0.2) is 16.5 Å². The lowest BCUT2D eigenvalue weighted by Gasteiger charge is -2.01. The number of nitrogens with zero attached hydrogens (tertiary/aromatic N) is 2. The fourth-order valence-electron chi connectivity index (χ4n) is 1.35. The lowest BCUT2D eigenvalue weighted by Crippen LogP contribution is -2.08. The number of aromatic nitrogens is 2. The maximum atomic E-state index is 13.0. The minimum atomic E-state index is -1.54. The molecule has 0 amide bonds. The molecular weight excluding hydrogens is 247 g/mol. The molecule has 0 spiro atoms. The van der Waals surface area contributed by atoms with Crippen molar-refractivity contribution in [2.24, 2.45) is 5.73 Å². The van der Waals surface area contributed by atoms with Crippen molar-refractivity contribution in [1.82, 2.24) is 10.2 Å². The lowest BCUT2D eigenvalue weighted by atomic mass is 10.2. The molecule has 7 heteroatoms. The van der Waals surface area contributed by atoms with Crippen LogP contribution >= 0.6 is 0 Å². The molecule has 1 aromatic heterocycles. The van der Waals surface area contributed by atoms with Gasteiger partial charge in [0.2, 0.25) is 11.8 Å². The van der Waals surface area contributed by atoms with Gasteiger partial charge in [-0.2, -0.15) is 0 Å². The Bertz CT molecular complexity index is 547. The van der Waals surface area contributed by atoms with Crippen LogP contribution in [-0.2, 0) is 0 Å². The van der Waals surface area contributed by atoms with Crippen LogP contribution in [0.2, 0.25) is 0 Å². The van der Waals surface area contributed by atoms with Crippen molar-refractivity contribution in [2.45, 2.75) is 19.4 Å². The Morgan fingerprint density at radius 2 is 1.83 bits per heavy atom. The molecule has 1 atom stereocenters. The van der Waals surface area contributed by atoms with E-state index in [0.29, 0.717) is 6.42 Å². The maximum Gasteiger partial charge on any atom is 0.248 e. The minimum Gasteiger partial charge on any atom is -0.419 e. The van der Waals surface area contributed by atoms with Gasteiger partial charge in [0.25, 0.3) is 0 Å². The van der Waals surface area contributed by atoms with Crippen LogP contribution in [0.1, 0.15) is 25.3 Å². The van der Waals surface area contributed by atoms with Gasteiger partial charge in [-0.3, -0.25) is 0 Å². The third-order valence-corrected chi connectivity index (χ3v) is 2.43. The first-order chi connectivity index (χ1) is 8.52. The van der Waals surface area contributed by atoms with E-state index in [4.69, 9.17) is 10.2 Å². The first-order valence-electron chi connectivity index (χ1n) is 5.26. The zero-order chi connectivity index (χ0) is 13.3. The molecule has 2 rings (SSSR count). The van der Waals surface area contributed by atoms with Crippen molar-refractivity contribution in [1.29, 1.82) is 0 Å². The highest BCUT2D eigenvalue weighted by Crippen LogP contribution is 2.24. The van der Waals surface area contributed by atoms with Crippen molar-refractivity contribution in [3.63, 3.8) is 0 Å². The number of rotatable bonds is 3. The van der Waals surface area contributed by atoms with Crippen molar-refractivity contribution in [3.8, 4) is 11.5 Å². The van der Waals surface area contributed by atoms with Crippen LogP contribution < -0.4 is 5.73 Å². The van der Waals surface area contributed by atoms with E-state index < -0.39 is 23.5 Å². The Morgan fingerprint density at radius 3 is 2.39 bits per heavy atom. The van der Waals surface area contributed by atoms with Crippen LogP contribution in [0, 0.1) is 17.5 Å². The summed E-state index contributed by atoms with van der Waals surface area (Å²) >= 11 is 0. The highest BCUT2D eigenvalue weighted by atomic mass is 19.2. The van der Waals surface area contributed by atoms with Gasteiger partial charge in [-0.25, -0.2) is 13.2 Å². The molecular formula is C11H10F3N3O. The van der Waals surface area contributed by atoms with Gasteiger partial charge in [0.05, 0.1) is 6.04 Å². The number of hydrogen-bond acceptors (Lipinski definition) is 4. The zero-order valence-electron chi connectivity index (χ0n) is 9.45. The van der Waals surface area contributed by atoms with Gasteiger partial charge < -0.3 is 10.2 Å². The summed E-state index contributed by atoms with van der Waals surface area (Å²) < 4.78 is 44.0. The Hall–Kier alpha value is -1.89. The van der Waals surface area contributed by atoms with Crippen molar-refractivity contribution in [3.05, 3.63) is 35.5 Å². The second-order valence-electron chi connectivity index (χ2n) is 3.71. The molecule has 0 fully saturated rings. The highest BCUT2D eigenvalue weighted by molar-refractivity contribution is 5.52. The highest BCUT2D eigenvalue weighted by Gasteiger charge is 2.17. The first kappa shape index (κ1) is 12.6. The fraction of sp³-hybridized carbons (Fsp3) is 0.273. The summed E-state index contributed by atoms with van der Waals surface area (Å²) in [6.07, 6.45) is 0.577. The van der Waals surface area contributed by atoms with E-state index in [0.717, 1.165) is 12.1 Å². The monoisotopic (exact) mass is 257 g/mol. The molecule has 0 saturated carbocycles. The van der Waals surface area contributed by atoms with E-state index in [2.05, 4.69) is 10.2 Å². The average molecular weight is 257 g/mol. The van der Waals surface area contributed by atoms with E-state index in [1.807, 2.05) is 6.92 Å². The predicted molar refractivity (Wildman–Crippen MR) is 56.8 cm³/mol. The molecule has 2 N–H and O–H groups in total. The zero-order valence-corrected chi connectivity index (χ0v) is 9.45. The molecule has 0 saturated heterocycles. The molecule has 0 bridgehead atoms. The molecule has 4 nitrogen and oxygen atoms in total. The topological polar surface area (TPSA) is 64.9 Å². The number of benzene rings is 1. The largest absolute Gasteiger partial charge is 0.419 e. The van der Waals surface area contributed by atoms with Gasteiger partial charge in [0, 0.05) is 5.56 Å². The van der Waals surface area contributed by atoms with E-state index in [1.165, 1.54) is 0 Å². The molecule has 1 unspecified atom stereocenters. The third-order valence-electron chi connectivity index (χ3n) is 2.43. The minimum absolute atomic E-state index is 0.0338. The lowest BCUT2D eigenvalue weighted by molar-refractivity contribution is 0.441. The Morgan fingerprint density at radius 1 is 1.22 bits per heavy atom. The SMILES string of the molecule is CCC(N)c1nnc(-c2cc(F)c(F)c(F)c2)o1. The fourth-order valence-corrected chi connectivity index (χ4v) is 1.35. The molecule has 1 aromatic carbocycles. The number of nitrogens with two attached hydrogens (primary N) is 1. The summed E-state index contributed by atoms with van der Waals surface area (Å²) in [4.78, 5) is 0. The summed E-state index contributed by atoms with van der Waals surface area (Å²) in [5.41, 5.74) is 5.63. The van der Waals surface area contributed by atoms with Crippen LogP contribution in [0.5, 0.6) is 0 Å². The predicted octanol–water partition coefficient (Wildman–Crippen LogP) is 2.56. The third kappa shape index (κ3) is 2.21. The second-order valence-corrected chi connectivity index (χ2v) is 3.71. The van der Waals surface area contributed by atoms with Crippen molar-refractivity contribution in [2.75, 3.05) is 0 Å². The van der Waals surface area contributed by atoms with Crippen LogP contribution in [0.25, 0.3) is 11.5 Å². The van der Waals surface area contributed by atoms with Crippen LogP contribution in [0.4, 0.5) is 13.2 Å². The average Bonchev–Trinajstić information content (AvgIpc) is 2.84. The standard InChI is InChI=1S/C11H10F3N3O/c1-2-8(15)11-17-16-10(18-11)5-3-6(12)9(14)7(13)4-5/h3-4,8H,2,15H2,1H3. The first-order valence-corrected chi connectivity index (χ1v) is 5.26. The molecule has 0 aliphatic carbocycles. The van der Waals surface area contributed by atoms with E-state index in [1.54, 1.807) is 0 Å². The molecule has 1 heterocycles. The summed E-state index contributed by atoms with van der Waals surface area (Å²) in [7, 11) is 0. The summed E-state index contributed by atoms with van der Waals surface area (Å²) in [5.74, 6) is -4.11.